The largest absolute Gasteiger partial charge is 0.495 e. The average molecular weight is 276 g/mol. The first kappa shape index (κ1) is 13.8. The zero-order chi connectivity index (χ0) is 14.5. The fourth-order valence-electron chi connectivity index (χ4n) is 1.83. The van der Waals surface area contributed by atoms with Crippen LogP contribution in [0.3, 0.4) is 0 Å². The number of ether oxygens (including phenoxy) is 1. The van der Waals surface area contributed by atoms with Gasteiger partial charge in [-0.25, -0.2) is 4.39 Å². The summed E-state index contributed by atoms with van der Waals surface area (Å²) in [4.78, 5) is 10.1. The first-order valence-electron chi connectivity index (χ1n) is 5.91. The van der Waals surface area contributed by atoms with Gasteiger partial charge in [-0.15, -0.1) is 0 Å². The molecule has 0 saturated carbocycles. The van der Waals surface area contributed by atoms with E-state index in [9.17, 15) is 14.5 Å². The third-order valence-electron chi connectivity index (χ3n) is 2.74. The molecule has 1 N–H and O–H groups in total. The minimum Gasteiger partial charge on any atom is -0.495 e. The van der Waals surface area contributed by atoms with E-state index < -0.39 is 10.7 Å². The molecule has 0 spiro atoms. The highest BCUT2D eigenvalue weighted by molar-refractivity contribution is 5.56. The Labute approximate surface area is 115 Å². The Kier molecular flexibility index (Phi) is 4.14. The van der Waals surface area contributed by atoms with Crippen molar-refractivity contribution in [2.75, 3.05) is 12.4 Å². The number of methoxy groups -OCH3 is 1. The van der Waals surface area contributed by atoms with Crippen molar-refractivity contribution in [1.29, 1.82) is 0 Å². The normalized spacial score (nSPS) is 10.1. The van der Waals surface area contributed by atoms with E-state index in [1.54, 1.807) is 13.2 Å². The standard InChI is InChI=1S/C14H13FN2O3/c1-20-14-5-3-2-4-13(14)16-9-10-6-11(15)8-12(7-10)17(18)19/h2-8,16H,9H2,1H3. The van der Waals surface area contributed by atoms with E-state index in [4.69, 9.17) is 4.74 Å². The lowest BCUT2D eigenvalue weighted by Crippen LogP contribution is -2.02. The number of nitrogens with zero attached hydrogens (tertiary/aromatic N) is 1. The zero-order valence-corrected chi connectivity index (χ0v) is 10.8. The van der Waals surface area contributed by atoms with Gasteiger partial charge in [-0.3, -0.25) is 10.1 Å². The third-order valence-corrected chi connectivity index (χ3v) is 2.74. The van der Waals surface area contributed by atoms with Crippen molar-refractivity contribution in [3.8, 4) is 5.75 Å². The molecule has 6 heteroatoms. The van der Waals surface area contributed by atoms with Crippen molar-refractivity contribution in [3.63, 3.8) is 0 Å². The molecule has 0 saturated heterocycles. The van der Waals surface area contributed by atoms with Gasteiger partial charge in [-0.1, -0.05) is 12.1 Å². The summed E-state index contributed by atoms with van der Waals surface area (Å²) >= 11 is 0. The lowest BCUT2D eigenvalue weighted by Gasteiger charge is -2.10. The molecule has 0 radical (unpaired) electrons. The molecule has 0 unspecified atom stereocenters. The quantitative estimate of drug-likeness (QED) is 0.671. The number of halogens is 1. The first-order chi connectivity index (χ1) is 9.60. The van der Waals surface area contributed by atoms with Gasteiger partial charge in [0, 0.05) is 12.6 Å². The number of hydrogen-bond acceptors (Lipinski definition) is 4. The summed E-state index contributed by atoms with van der Waals surface area (Å²) < 4.78 is 18.5. The van der Waals surface area contributed by atoms with E-state index in [0.717, 1.165) is 11.8 Å². The van der Waals surface area contributed by atoms with Gasteiger partial charge in [-0.2, -0.15) is 0 Å². The van der Waals surface area contributed by atoms with Gasteiger partial charge in [0.2, 0.25) is 0 Å². The predicted molar refractivity (Wildman–Crippen MR) is 73.4 cm³/mol. The molecule has 0 heterocycles. The van der Waals surface area contributed by atoms with Gasteiger partial charge in [0.25, 0.3) is 5.69 Å². The van der Waals surface area contributed by atoms with Crippen molar-refractivity contribution in [2.24, 2.45) is 0 Å². The van der Waals surface area contributed by atoms with E-state index in [0.29, 0.717) is 11.3 Å². The Morgan fingerprint density at radius 1 is 1.30 bits per heavy atom. The highest BCUT2D eigenvalue weighted by atomic mass is 19.1. The Morgan fingerprint density at radius 3 is 2.75 bits per heavy atom. The predicted octanol–water partition coefficient (Wildman–Crippen LogP) is 3.35. The van der Waals surface area contributed by atoms with Crippen molar-refractivity contribution in [2.45, 2.75) is 6.54 Å². The first-order valence-corrected chi connectivity index (χ1v) is 5.91. The molecule has 20 heavy (non-hydrogen) atoms. The van der Waals surface area contributed by atoms with E-state index in [1.165, 1.54) is 12.1 Å². The fourth-order valence-corrected chi connectivity index (χ4v) is 1.83. The highest BCUT2D eigenvalue weighted by Crippen LogP contribution is 2.24. The summed E-state index contributed by atoms with van der Waals surface area (Å²) in [6.45, 7) is 0.263. The molecular formula is C14H13FN2O3. The Morgan fingerprint density at radius 2 is 2.05 bits per heavy atom. The van der Waals surface area contributed by atoms with E-state index in [1.807, 2.05) is 18.2 Å². The van der Waals surface area contributed by atoms with Gasteiger partial charge < -0.3 is 10.1 Å². The van der Waals surface area contributed by atoms with Crippen molar-refractivity contribution in [3.05, 3.63) is 64.0 Å². The molecule has 0 fully saturated rings. The third kappa shape index (κ3) is 3.23. The monoisotopic (exact) mass is 276 g/mol. The maximum atomic E-state index is 13.3. The molecule has 0 atom stereocenters. The average Bonchev–Trinajstić information content (AvgIpc) is 2.44. The van der Waals surface area contributed by atoms with Gasteiger partial charge in [-0.05, 0) is 23.8 Å². The second-order valence-electron chi connectivity index (χ2n) is 4.13. The van der Waals surface area contributed by atoms with Crippen LogP contribution in [0.1, 0.15) is 5.56 Å². The molecule has 0 aromatic heterocycles. The van der Waals surface area contributed by atoms with Crippen molar-refractivity contribution in [1.82, 2.24) is 0 Å². The summed E-state index contributed by atoms with van der Waals surface area (Å²) in [5.74, 6) is 0.0226. The second-order valence-corrected chi connectivity index (χ2v) is 4.13. The number of benzene rings is 2. The summed E-state index contributed by atoms with van der Waals surface area (Å²) in [5.41, 5.74) is 0.964. The molecule has 2 aromatic carbocycles. The summed E-state index contributed by atoms with van der Waals surface area (Å²) in [7, 11) is 1.55. The van der Waals surface area contributed by atoms with Gasteiger partial charge in [0.05, 0.1) is 23.8 Å². The van der Waals surface area contributed by atoms with Gasteiger partial charge in [0.15, 0.2) is 0 Å². The van der Waals surface area contributed by atoms with Crippen LogP contribution in [0.15, 0.2) is 42.5 Å². The lowest BCUT2D eigenvalue weighted by molar-refractivity contribution is -0.385. The summed E-state index contributed by atoms with van der Waals surface area (Å²) in [6, 6.07) is 10.8. The Hall–Kier alpha value is -2.63. The van der Waals surface area contributed by atoms with Crippen LogP contribution in [0.5, 0.6) is 5.75 Å². The van der Waals surface area contributed by atoms with Crippen molar-refractivity contribution < 1.29 is 14.1 Å². The zero-order valence-electron chi connectivity index (χ0n) is 10.8. The molecule has 0 amide bonds. The van der Waals surface area contributed by atoms with Crippen LogP contribution in [0.4, 0.5) is 15.8 Å². The van der Waals surface area contributed by atoms with E-state index in [-0.39, 0.29) is 12.2 Å². The molecule has 0 aliphatic carbocycles. The van der Waals surface area contributed by atoms with Crippen LogP contribution in [0.25, 0.3) is 0 Å². The molecule has 0 aliphatic rings. The number of rotatable bonds is 5. The van der Waals surface area contributed by atoms with Crippen LogP contribution in [-0.2, 0) is 6.54 Å². The molecule has 104 valence electrons. The topological polar surface area (TPSA) is 64.4 Å². The maximum Gasteiger partial charge on any atom is 0.272 e. The van der Waals surface area contributed by atoms with Gasteiger partial charge in [0.1, 0.15) is 11.6 Å². The number of hydrogen-bond donors (Lipinski definition) is 1. The molecule has 2 rings (SSSR count). The smallest absolute Gasteiger partial charge is 0.272 e. The Bertz CT molecular complexity index is 632. The second kappa shape index (κ2) is 6.01. The minimum absolute atomic E-state index is 0.262. The number of nitrogens with one attached hydrogen (secondary N) is 1. The lowest BCUT2D eigenvalue weighted by atomic mass is 10.2. The molecule has 5 nitrogen and oxygen atoms in total. The van der Waals surface area contributed by atoms with Crippen LogP contribution in [0, 0.1) is 15.9 Å². The fraction of sp³-hybridized carbons (Fsp3) is 0.143. The molecule has 0 aliphatic heterocycles. The van der Waals surface area contributed by atoms with Crippen molar-refractivity contribution >= 4 is 11.4 Å². The number of nitro benzene ring substituents is 1. The number of nitro groups is 1. The number of non-ortho nitro benzene ring substituents is 1. The number of anilines is 1. The number of para-hydroxylation sites is 2. The van der Waals surface area contributed by atoms with Crippen LogP contribution in [-0.4, -0.2) is 12.0 Å². The van der Waals surface area contributed by atoms with Gasteiger partial charge >= 0.3 is 0 Å². The molecular weight excluding hydrogens is 263 g/mol. The maximum absolute atomic E-state index is 13.3. The van der Waals surface area contributed by atoms with Crippen LogP contribution < -0.4 is 10.1 Å². The molecule has 2 aromatic rings. The van der Waals surface area contributed by atoms with Crippen LogP contribution >= 0.6 is 0 Å². The summed E-state index contributed by atoms with van der Waals surface area (Å²) in [5, 5.41) is 13.7. The minimum atomic E-state index is -0.629. The molecule has 0 bridgehead atoms. The van der Waals surface area contributed by atoms with Crippen LogP contribution in [0.2, 0.25) is 0 Å². The van der Waals surface area contributed by atoms with E-state index >= 15 is 0 Å². The highest BCUT2D eigenvalue weighted by Gasteiger charge is 2.10. The summed E-state index contributed by atoms with van der Waals surface area (Å²) in [6.07, 6.45) is 0. The SMILES string of the molecule is COc1ccccc1NCc1cc(F)cc([N+](=O)[O-])c1. The Balaban J connectivity index is 2.16. The van der Waals surface area contributed by atoms with E-state index in [2.05, 4.69) is 5.32 Å².